The van der Waals surface area contributed by atoms with E-state index in [1.165, 1.54) is 0 Å². The van der Waals surface area contributed by atoms with Crippen molar-refractivity contribution in [2.75, 3.05) is 0 Å². The van der Waals surface area contributed by atoms with E-state index in [2.05, 4.69) is 17.1 Å². The van der Waals surface area contributed by atoms with Crippen LogP contribution in [0.4, 0.5) is 0 Å². The summed E-state index contributed by atoms with van der Waals surface area (Å²) in [6, 6.07) is 7.24. The molecule has 0 unspecified atom stereocenters. The number of hydrogen-bond donors (Lipinski definition) is 0. The minimum atomic E-state index is 0.500. The van der Waals surface area contributed by atoms with Crippen molar-refractivity contribution < 1.29 is 4.42 Å². The molecule has 0 fully saturated rings. The summed E-state index contributed by atoms with van der Waals surface area (Å²) in [4.78, 5) is 0. The lowest BCUT2D eigenvalue weighted by molar-refractivity contribution is 0.520. The maximum absolute atomic E-state index is 5.75. The van der Waals surface area contributed by atoms with Crippen molar-refractivity contribution in [2.24, 2.45) is 0 Å². The molecular weight excluding hydrogens is 200 g/mol. The van der Waals surface area contributed by atoms with Crippen molar-refractivity contribution >= 4 is 11.6 Å². The van der Waals surface area contributed by atoms with E-state index < -0.39 is 0 Å². The number of aromatic nitrogens is 2. The predicted octanol–water partition coefficient (Wildman–Crippen LogP) is 2.77. The molecule has 3 nitrogen and oxygen atoms in total. The van der Waals surface area contributed by atoms with Crippen molar-refractivity contribution in [2.45, 2.75) is 6.42 Å². The van der Waals surface area contributed by atoms with Crippen LogP contribution in [-0.2, 0) is 6.42 Å². The van der Waals surface area contributed by atoms with Gasteiger partial charge in [0.15, 0.2) is 0 Å². The van der Waals surface area contributed by atoms with E-state index in [4.69, 9.17) is 16.0 Å². The van der Waals surface area contributed by atoms with E-state index in [1.807, 2.05) is 12.1 Å². The smallest absolute Gasteiger partial charge is 0.247 e. The zero-order valence-electron chi connectivity index (χ0n) is 7.40. The summed E-state index contributed by atoms with van der Waals surface area (Å²) in [5.41, 5.74) is 0.863. The summed E-state index contributed by atoms with van der Waals surface area (Å²) < 4.78 is 5.33. The van der Waals surface area contributed by atoms with Crippen LogP contribution in [0.1, 0.15) is 5.89 Å². The highest BCUT2D eigenvalue weighted by Gasteiger charge is 2.06. The third-order valence-electron chi connectivity index (χ3n) is 1.77. The summed E-state index contributed by atoms with van der Waals surface area (Å²) in [6.45, 7) is 3.66. The third kappa shape index (κ3) is 1.77. The van der Waals surface area contributed by atoms with Crippen molar-refractivity contribution in [1.29, 1.82) is 0 Å². The molecular formula is C10H8ClN2O. The molecule has 4 heteroatoms. The molecule has 71 valence electrons. The molecule has 1 radical (unpaired) electrons. The van der Waals surface area contributed by atoms with E-state index in [0.717, 1.165) is 5.56 Å². The molecule has 14 heavy (non-hydrogen) atoms. The molecule has 1 aromatic carbocycles. The first-order valence-corrected chi connectivity index (χ1v) is 4.55. The zero-order valence-corrected chi connectivity index (χ0v) is 8.16. The molecule has 0 spiro atoms. The molecule has 0 amide bonds. The van der Waals surface area contributed by atoms with E-state index in [-0.39, 0.29) is 0 Å². The van der Waals surface area contributed by atoms with Crippen LogP contribution < -0.4 is 0 Å². The Morgan fingerprint density at radius 1 is 1.21 bits per heavy atom. The number of halogens is 1. The second kappa shape index (κ2) is 3.80. The lowest BCUT2D eigenvalue weighted by Crippen LogP contribution is -1.77. The van der Waals surface area contributed by atoms with Gasteiger partial charge in [0.2, 0.25) is 11.8 Å². The van der Waals surface area contributed by atoms with Gasteiger partial charge >= 0.3 is 0 Å². The van der Waals surface area contributed by atoms with Gasteiger partial charge in [0.05, 0.1) is 0 Å². The number of rotatable bonds is 2. The van der Waals surface area contributed by atoms with Crippen molar-refractivity contribution in [1.82, 2.24) is 10.2 Å². The van der Waals surface area contributed by atoms with Crippen molar-refractivity contribution in [3.63, 3.8) is 0 Å². The second-order valence-electron chi connectivity index (χ2n) is 2.76. The number of nitrogens with zero attached hydrogens (tertiary/aromatic N) is 2. The first kappa shape index (κ1) is 9.21. The van der Waals surface area contributed by atoms with Crippen LogP contribution in [0, 0.1) is 6.92 Å². The van der Waals surface area contributed by atoms with Crippen LogP contribution in [0.25, 0.3) is 11.5 Å². The van der Waals surface area contributed by atoms with Gasteiger partial charge in [-0.1, -0.05) is 11.6 Å². The highest BCUT2D eigenvalue weighted by Crippen LogP contribution is 2.19. The van der Waals surface area contributed by atoms with Gasteiger partial charge in [-0.2, -0.15) is 0 Å². The Hall–Kier alpha value is -1.35. The second-order valence-corrected chi connectivity index (χ2v) is 3.19. The maximum Gasteiger partial charge on any atom is 0.247 e. The Balaban J connectivity index is 2.34. The fraction of sp³-hybridized carbons (Fsp3) is 0.100. The molecule has 0 saturated carbocycles. The first-order chi connectivity index (χ1) is 6.79. The Bertz CT molecular complexity index is 422. The van der Waals surface area contributed by atoms with E-state index in [0.29, 0.717) is 23.2 Å². The molecule has 2 rings (SSSR count). The maximum atomic E-state index is 5.75. The van der Waals surface area contributed by atoms with Crippen molar-refractivity contribution in [3.8, 4) is 11.5 Å². The fourth-order valence-corrected chi connectivity index (χ4v) is 1.19. The van der Waals surface area contributed by atoms with Crippen molar-refractivity contribution in [3.05, 3.63) is 42.1 Å². The predicted molar refractivity (Wildman–Crippen MR) is 53.8 cm³/mol. The lowest BCUT2D eigenvalue weighted by atomic mass is 10.2. The molecule has 0 saturated heterocycles. The third-order valence-corrected chi connectivity index (χ3v) is 2.02. The molecule has 0 aliphatic rings. The van der Waals surface area contributed by atoms with E-state index >= 15 is 0 Å². The van der Waals surface area contributed by atoms with E-state index in [9.17, 15) is 0 Å². The zero-order chi connectivity index (χ0) is 9.97. The van der Waals surface area contributed by atoms with Gasteiger partial charge in [0, 0.05) is 17.0 Å². The van der Waals surface area contributed by atoms with Crippen LogP contribution in [0.15, 0.2) is 28.7 Å². The van der Waals surface area contributed by atoms with Crippen LogP contribution in [0.2, 0.25) is 5.02 Å². The van der Waals surface area contributed by atoms with Crippen LogP contribution >= 0.6 is 11.6 Å². The van der Waals surface area contributed by atoms with E-state index in [1.54, 1.807) is 12.1 Å². The summed E-state index contributed by atoms with van der Waals surface area (Å²) in [6.07, 6.45) is 0.501. The summed E-state index contributed by atoms with van der Waals surface area (Å²) in [5.74, 6) is 1.04. The van der Waals surface area contributed by atoms with Gasteiger partial charge < -0.3 is 4.42 Å². The summed E-state index contributed by atoms with van der Waals surface area (Å²) in [5, 5.41) is 8.39. The summed E-state index contributed by atoms with van der Waals surface area (Å²) >= 11 is 5.75. The van der Waals surface area contributed by atoms with Gasteiger partial charge in [0.25, 0.3) is 0 Å². The SMILES string of the molecule is [CH2]Cc1nnc(-c2ccc(Cl)cc2)o1. The standard InChI is InChI=1S/C10H8ClN2O/c1-2-9-12-13-10(14-9)7-3-5-8(11)6-4-7/h3-6H,1-2H2. The van der Waals surface area contributed by atoms with Gasteiger partial charge in [-0.25, -0.2) is 0 Å². The number of benzene rings is 1. The normalized spacial score (nSPS) is 10.4. The highest BCUT2D eigenvalue weighted by molar-refractivity contribution is 6.30. The highest BCUT2D eigenvalue weighted by atomic mass is 35.5. The van der Waals surface area contributed by atoms with Crippen LogP contribution in [0.3, 0.4) is 0 Å². The quantitative estimate of drug-likeness (QED) is 0.760. The number of hydrogen-bond acceptors (Lipinski definition) is 3. The van der Waals surface area contributed by atoms with Crippen LogP contribution in [0.5, 0.6) is 0 Å². The van der Waals surface area contributed by atoms with Gasteiger partial charge in [-0.05, 0) is 31.2 Å². The summed E-state index contributed by atoms with van der Waals surface area (Å²) in [7, 11) is 0. The molecule has 1 heterocycles. The molecule has 1 aromatic heterocycles. The monoisotopic (exact) mass is 207 g/mol. The Morgan fingerprint density at radius 2 is 1.93 bits per heavy atom. The van der Waals surface area contributed by atoms with Gasteiger partial charge in [-0.3, -0.25) is 0 Å². The first-order valence-electron chi connectivity index (χ1n) is 4.17. The molecule has 0 aliphatic carbocycles. The molecule has 0 aliphatic heterocycles. The molecule has 0 N–H and O–H groups in total. The molecule has 0 atom stereocenters. The van der Waals surface area contributed by atoms with Gasteiger partial charge in [0.1, 0.15) is 0 Å². The average Bonchev–Trinajstić information content (AvgIpc) is 2.67. The molecule has 2 aromatic rings. The lowest BCUT2D eigenvalue weighted by Gasteiger charge is -1.93. The largest absolute Gasteiger partial charge is 0.421 e. The molecule has 0 bridgehead atoms. The minimum absolute atomic E-state index is 0.500. The Morgan fingerprint density at radius 3 is 2.50 bits per heavy atom. The minimum Gasteiger partial charge on any atom is -0.421 e. The fourth-order valence-electron chi connectivity index (χ4n) is 1.06. The average molecular weight is 208 g/mol. The Labute approximate surface area is 86.7 Å². The van der Waals surface area contributed by atoms with Crippen LogP contribution in [-0.4, -0.2) is 10.2 Å². The topological polar surface area (TPSA) is 38.9 Å². The Kier molecular flexibility index (Phi) is 2.50. The van der Waals surface area contributed by atoms with Gasteiger partial charge in [-0.15, -0.1) is 10.2 Å².